The summed E-state index contributed by atoms with van der Waals surface area (Å²) in [5.41, 5.74) is 0.922. The number of aromatic nitrogens is 1. The number of guanidine groups is 1. The van der Waals surface area contributed by atoms with Crippen LogP contribution in [0.5, 0.6) is 0 Å². The van der Waals surface area contributed by atoms with E-state index in [4.69, 9.17) is 0 Å². The number of pyridine rings is 1. The van der Waals surface area contributed by atoms with E-state index < -0.39 is 12.7 Å². The first-order valence-corrected chi connectivity index (χ1v) is 9.63. The van der Waals surface area contributed by atoms with Crippen molar-refractivity contribution in [3.05, 3.63) is 23.9 Å². The molecule has 0 atom stereocenters. The molecular weight excluding hydrogens is 496 g/mol. The van der Waals surface area contributed by atoms with Gasteiger partial charge in [-0.25, -0.2) is 4.98 Å². The molecule has 2 heterocycles. The minimum absolute atomic E-state index is 0. The van der Waals surface area contributed by atoms with E-state index in [1.54, 1.807) is 7.05 Å². The second-order valence-corrected chi connectivity index (χ2v) is 7.36. The van der Waals surface area contributed by atoms with Crippen molar-refractivity contribution in [3.63, 3.8) is 0 Å². The number of anilines is 1. The van der Waals surface area contributed by atoms with Gasteiger partial charge in [0.15, 0.2) is 5.96 Å². The fourth-order valence-corrected chi connectivity index (χ4v) is 3.29. The average Bonchev–Trinajstić information content (AvgIpc) is 2.65. The Balaban J connectivity index is 0.00000420. The Kier molecular flexibility index (Phi) is 11.0. The SMILES string of the molecule is CN=C(NCCC1CCN(CC(F)(F)F)CC1)NCc1cccc(N(C)C)n1.I. The van der Waals surface area contributed by atoms with E-state index in [1.165, 1.54) is 4.90 Å². The lowest BCUT2D eigenvalue weighted by Crippen LogP contribution is -2.41. The van der Waals surface area contributed by atoms with Crippen LogP contribution in [0.15, 0.2) is 23.2 Å². The van der Waals surface area contributed by atoms with Crippen molar-refractivity contribution in [2.75, 3.05) is 52.2 Å². The lowest BCUT2D eigenvalue weighted by atomic mass is 9.93. The van der Waals surface area contributed by atoms with E-state index in [9.17, 15) is 13.2 Å². The third-order valence-electron chi connectivity index (χ3n) is 4.87. The Bertz CT molecular complexity index is 631. The summed E-state index contributed by atoms with van der Waals surface area (Å²) in [7, 11) is 5.62. The zero-order chi connectivity index (χ0) is 20.6. The molecule has 1 aromatic rings. The highest BCUT2D eigenvalue weighted by atomic mass is 127. The van der Waals surface area contributed by atoms with Gasteiger partial charge < -0.3 is 15.5 Å². The molecule has 0 aliphatic carbocycles. The average molecular weight is 528 g/mol. The molecule has 0 radical (unpaired) electrons. The van der Waals surface area contributed by atoms with Crippen LogP contribution in [0.2, 0.25) is 0 Å². The van der Waals surface area contributed by atoms with Gasteiger partial charge in [-0.05, 0) is 50.4 Å². The lowest BCUT2D eigenvalue weighted by molar-refractivity contribution is -0.148. The summed E-state index contributed by atoms with van der Waals surface area (Å²) in [4.78, 5) is 12.2. The van der Waals surface area contributed by atoms with Crippen LogP contribution in [-0.4, -0.2) is 69.3 Å². The van der Waals surface area contributed by atoms with Crippen LogP contribution in [-0.2, 0) is 6.54 Å². The van der Waals surface area contributed by atoms with E-state index in [-0.39, 0.29) is 24.0 Å². The zero-order valence-corrected chi connectivity index (χ0v) is 19.6. The van der Waals surface area contributed by atoms with Crippen LogP contribution in [0.25, 0.3) is 0 Å². The Hall–Kier alpha value is -1.30. The molecule has 0 bridgehead atoms. The number of alkyl halides is 3. The largest absolute Gasteiger partial charge is 0.401 e. The Morgan fingerprint density at radius 1 is 1.24 bits per heavy atom. The number of aliphatic imine (C=N–C) groups is 1. The van der Waals surface area contributed by atoms with Crippen LogP contribution in [0, 0.1) is 5.92 Å². The molecule has 0 amide bonds. The number of nitrogens with one attached hydrogen (secondary N) is 2. The smallest absolute Gasteiger partial charge is 0.363 e. The van der Waals surface area contributed by atoms with E-state index in [1.807, 2.05) is 37.2 Å². The van der Waals surface area contributed by atoms with Crippen molar-refractivity contribution in [3.8, 4) is 0 Å². The molecule has 0 saturated carbocycles. The summed E-state index contributed by atoms with van der Waals surface area (Å²) in [5.74, 6) is 2.05. The van der Waals surface area contributed by atoms with E-state index in [0.717, 1.165) is 37.3 Å². The summed E-state index contributed by atoms with van der Waals surface area (Å²) < 4.78 is 37.3. The zero-order valence-electron chi connectivity index (χ0n) is 17.3. The molecule has 1 aromatic heterocycles. The third-order valence-corrected chi connectivity index (χ3v) is 4.87. The summed E-state index contributed by atoms with van der Waals surface area (Å²) in [5, 5.41) is 6.53. The summed E-state index contributed by atoms with van der Waals surface area (Å²) >= 11 is 0. The molecule has 1 aliphatic heterocycles. The van der Waals surface area contributed by atoms with Gasteiger partial charge in [-0.1, -0.05) is 6.07 Å². The molecule has 0 aromatic carbocycles. The number of hydrogen-bond donors (Lipinski definition) is 2. The number of rotatable bonds is 7. The summed E-state index contributed by atoms with van der Waals surface area (Å²) in [6.45, 7) is 1.56. The van der Waals surface area contributed by atoms with Crippen molar-refractivity contribution in [1.82, 2.24) is 20.5 Å². The summed E-state index contributed by atoms with van der Waals surface area (Å²) in [6, 6.07) is 5.89. The topological polar surface area (TPSA) is 55.8 Å². The highest BCUT2D eigenvalue weighted by molar-refractivity contribution is 14.0. The van der Waals surface area contributed by atoms with Crippen LogP contribution < -0.4 is 15.5 Å². The van der Waals surface area contributed by atoms with Crippen LogP contribution >= 0.6 is 24.0 Å². The van der Waals surface area contributed by atoms with Gasteiger partial charge in [-0.3, -0.25) is 9.89 Å². The first kappa shape index (κ1) is 25.7. The van der Waals surface area contributed by atoms with Gasteiger partial charge >= 0.3 is 6.18 Å². The highest BCUT2D eigenvalue weighted by Crippen LogP contribution is 2.23. The Morgan fingerprint density at radius 3 is 2.52 bits per heavy atom. The molecular formula is C19H32F3IN6. The molecule has 1 saturated heterocycles. The lowest BCUT2D eigenvalue weighted by Gasteiger charge is -2.32. The maximum absolute atomic E-state index is 12.4. The number of hydrogen-bond acceptors (Lipinski definition) is 4. The van der Waals surface area contributed by atoms with Crippen LogP contribution in [0.4, 0.5) is 19.0 Å². The highest BCUT2D eigenvalue weighted by Gasteiger charge is 2.32. The van der Waals surface area contributed by atoms with Gasteiger partial charge in [-0.15, -0.1) is 24.0 Å². The molecule has 0 unspecified atom stereocenters. The minimum atomic E-state index is -4.10. The van der Waals surface area contributed by atoms with Crippen LogP contribution in [0.1, 0.15) is 25.0 Å². The third kappa shape index (κ3) is 9.83. The van der Waals surface area contributed by atoms with Gasteiger partial charge in [-0.2, -0.15) is 13.2 Å². The molecule has 166 valence electrons. The predicted molar refractivity (Wildman–Crippen MR) is 122 cm³/mol. The number of nitrogens with zero attached hydrogens (tertiary/aromatic N) is 4. The van der Waals surface area contributed by atoms with E-state index in [2.05, 4.69) is 20.6 Å². The Morgan fingerprint density at radius 2 is 1.93 bits per heavy atom. The Labute approximate surface area is 188 Å². The monoisotopic (exact) mass is 528 g/mol. The van der Waals surface area contributed by atoms with E-state index >= 15 is 0 Å². The van der Waals surface area contributed by atoms with Crippen molar-refractivity contribution >= 4 is 35.8 Å². The number of piperidine rings is 1. The minimum Gasteiger partial charge on any atom is -0.363 e. The maximum atomic E-state index is 12.4. The van der Waals surface area contributed by atoms with Crippen molar-refractivity contribution in [2.45, 2.75) is 32.0 Å². The van der Waals surface area contributed by atoms with Crippen LogP contribution in [0.3, 0.4) is 0 Å². The van der Waals surface area contributed by atoms with Crippen molar-refractivity contribution < 1.29 is 13.2 Å². The molecule has 6 nitrogen and oxygen atoms in total. The number of likely N-dealkylation sites (tertiary alicyclic amines) is 1. The van der Waals surface area contributed by atoms with Gasteiger partial charge in [0.1, 0.15) is 5.82 Å². The van der Waals surface area contributed by atoms with Crippen molar-refractivity contribution in [2.24, 2.45) is 10.9 Å². The molecule has 10 heteroatoms. The predicted octanol–water partition coefficient (Wildman–Crippen LogP) is 3.10. The molecule has 2 rings (SSSR count). The molecule has 0 spiro atoms. The first-order valence-electron chi connectivity index (χ1n) is 9.63. The quantitative estimate of drug-likeness (QED) is 0.324. The molecule has 1 fully saturated rings. The molecule has 2 N–H and O–H groups in total. The van der Waals surface area contributed by atoms with E-state index in [0.29, 0.717) is 31.5 Å². The fourth-order valence-electron chi connectivity index (χ4n) is 3.29. The van der Waals surface area contributed by atoms with Gasteiger partial charge in [0.05, 0.1) is 18.8 Å². The van der Waals surface area contributed by atoms with Gasteiger partial charge in [0.2, 0.25) is 0 Å². The first-order chi connectivity index (χ1) is 13.3. The fraction of sp³-hybridized carbons (Fsp3) is 0.684. The second kappa shape index (κ2) is 12.4. The standard InChI is InChI=1S/C19H31F3N6.HI/c1-23-18(25-13-16-5-4-6-17(26-16)27(2)3)24-10-7-15-8-11-28(12-9-15)14-19(20,21)22;/h4-6,15H,7-14H2,1-3H3,(H2,23,24,25);1H. The van der Waals surface area contributed by atoms with Crippen molar-refractivity contribution in [1.29, 1.82) is 0 Å². The molecule has 29 heavy (non-hydrogen) atoms. The normalized spacial score (nSPS) is 16.3. The summed E-state index contributed by atoms with van der Waals surface area (Å²) in [6.07, 6.45) is -1.56. The van der Waals surface area contributed by atoms with Gasteiger partial charge in [0.25, 0.3) is 0 Å². The van der Waals surface area contributed by atoms with Gasteiger partial charge in [0, 0.05) is 27.7 Å². The molecule has 1 aliphatic rings. The maximum Gasteiger partial charge on any atom is 0.401 e. The number of halogens is 4. The second-order valence-electron chi connectivity index (χ2n) is 7.36.